The van der Waals surface area contributed by atoms with Crippen LogP contribution in [0.2, 0.25) is 0 Å². The first-order valence-electron chi connectivity index (χ1n) is 6.76. The van der Waals surface area contributed by atoms with Crippen LogP contribution in [-0.4, -0.2) is 16.4 Å². The summed E-state index contributed by atoms with van der Waals surface area (Å²) in [4.78, 5) is 0. The maximum atomic E-state index is 5.96. The highest BCUT2D eigenvalue weighted by molar-refractivity contribution is 5.67. The van der Waals surface area contributed by atoms with Crippen molar-refractivity contribution in [3.8, 4) is 11.1 Å². The van der Waals surface area contributed by atoms with Crippen molar-refractivity contribution in [2.45, 2.75) is 32.4 Å². The van der Waals surface area contributed by atoms with E-state index in [9.17, 15) is 0 Å². The Bertz CT molecular complexity index is 571. The van der Waals surface area contributed by atoms with Gasteiger partial charge in [-0.2, -0.15) is 5.10 Å². The lowest BCUT2D eigenvalue weighted by Gasteiger charge is -2.22. The molecule has 1 aromatic carbocycles. The Labute approximate surface area is 113 Å². The first kappa shape index (κ1) is 12.2. The van der Waals surface area contributed by atoms with Gasteiger partial charge in [-0.05, 0) is 43.4 Å². The number of nitrogens with zero attached hydrogens (tertiary/aromatic N) is 2. The van der Waals surface area contributed by atoms with Crippen LogP contribution in [0.25, 0.3) is 11.1 Å². The zero-order valence-electron chi connectivity index (χ0n) is 11.2. The largest absolute Gasteiger partial charge is 0.398 e. The standard InChI is InChI=1S/C15H19N3O/c1-11-5-6-12(8-14(11)16)13-9-17-18(10-13)15-4-2-3-7-19-15/h5-6,8-10,15H,2-4,7,16H2,1H3. The van der Waals surface area contributed by atoms with E-state index in [-0.39, 0.29) is 6.23 Å². The van der Waals surface area contributed by atoms with Crippen LogP contribution in [-0.2, 0) is 4.74 Å². The minimum atomic E-state index is 0.0882. The van der Waals surface area contributed by atoms with Gasteiger partial charge in [0.25, 0.3) is 0 Å². The third kappa shape index (κ3) is 2.49. The third-order valence-corrected chi connectivity index (χ3v) is 3.66. The van der Waals surface area contributed by atoms with Gasteiger partial charge in [0.1, 0.15) is 6.23 Å². The van der Waals surface area contributed by atoms with E-state index in [4.69, 9.17) is 10.5 Å². The Morgan fingerprint density at radius 3 is 2.95 bits per heavy atom. The smallest absolute Gasteiger partial charge is 0.150 e. The molecule has 1 aliphatic heterocycles. The maximum Gasteiger partial charge on any atom is 0.150 e. The zero-order chi connectivity index (χ0) is 13.2. The van der Waals surface area contributed by atoms with Crippen molar-refractivity contribution < 1.29 is 4.74 Å². The molecule has 0 aliphatic carbocycles. The van der Waals surface area contributed by atoms with Gasteiger partial charge in [0, 0.05) is 24.1 Å². The lowest BCUT2D eigenvalue weighted by atomic mass is 10.1. The molecule has 4 heteroatoms. The Kier molecular flexibility index (Phi) is 3.25. The van der Waals surface area contributed by atoms with E-state index in [0.717, 1.165) is 41.8 Å². The molecule has 2 N–H and O–H groups in total. The highest BCUT2D eigenvalue weighted by atomic mass is 16.5. The molecule has 2 aromatic rings. The molecule has 19 heavy (non-hydrogen) atoms. The summed E-state index contributed by atoms with van der Waals surface area (Å²) in [6.45, 7) is 2.84. The average molecular weight is 257 g/mol. The van der Waals surface area contributed by atoms with Crippen molar-refractivity contribution in [3.05, 3.63) is 36.2 Å². The molecular weight excluding hydrogens is 238 g/mol. The molecule has 0 saturated carbocycles. The molecule has 0 spiro atoms. The fourth-order valence-corrected chi connectivity index (χ4v) is 2.40. The second kappa shape index (κ2) is 5.05. The summed E-state index contributed by atoms with van der Waals surface area (Å²) in [6.07, 6.45) is 7.40. The summed E-state index contributed by atoms with van der Waals surface area (Å²) in [5, 5.41) is 4.42. The molecule has 2 heterocycles. The summed E-state index contributed by atoms with van der Waals surface area (Å²) in [5.41, 5.74) is 10.1. The number of ether oxygens (including phenoxy) is 1. The fraction of sp³-hybridized carbons (Fsp3) is 0.400. The first-order chi connectivity index (χ1) is 9.24. The number of nitrogen functional groups attached to an aromatic ring is 1. The summed E-state index contributed by atoms with van der Waals surface area (Å²) >= 11 is 0. The zero-order valence-corrected chi connectivity index (χ0v) is 11.2. The normalized spacial score (nSPS) is 19.5. The van der Waals surface area contributed by atoms with E-state index in [2.05, 4.69) is 11.2 Å². The monoisotopic (exact) mass is 257 g/mol. The van der Waals surface area contributed by atoms with Gasteiger partial charge in [0.2, 0.25) is 0 Å². The van der Waals surface area contributed by atoms with Gasteiger partial charge < -0.3 is 10.5 Å². The van der Waals surface area contributed by atoms with Gasteiger partial charge in [-0.15, -0.1) is 0 Å². The Morgan fingerprint density at radius 1 is 1.32 bits per heavy atom. The SMILES string of the molecule is Cc1ccc(-c2cnn(C3CCCCO3)c2)cc1N. The Hall–Kier alpha value is -1.81. The molecular formula is C15H19N3O. The number of hydrogen-bond acceptors (Lipinski definition) is 3. The lowest BCUT2D eigenvalue weighted by Crippen LogP contribution is -2.18. The van der Waals surface area contributed by atoms with Crippen LogP contribution in [0.4, 0.5) is 5.69 Å². The second-order valence-electron chi connectivity index (χ2n) is 5.10. The molecule has 1 atom stereocenters. The van der Waals surface area contributed by atoms with E-state index < -0.39 is 0 Å². The number of anilines is 1. The molecule has 3 rings (SSSR count). The van der Waals surface area contributed by atoms with Crippen LogP contribution >= 0.6 is 0 Å². The van der Waals surface area contributed by atoms with Crippen LogP contribution in [0, 0.1) is 6.92 Å². The van der Waals surface area contributed by atoms with Crippen LogP contribution < -0.4 is 5.73 Å². The van der Waals surface area contributed by atoms with Crippen molar-refractivity contribution in [3.63, 3.8) is 0 Å². The molecule has 1 saturated heterocycles. The molecule has 1 unspecified atom stereocenters. The van der Waals surface area contributed by atoms with Crippen molar-refractivity contribution in [1.29, 1.82) is 0 Å². The molecule has 4 nitrogen and oxygen atoms in total. The average Bonchev–Trinajstić information content (AvgIpc) is 2.93. The predicted octanol–water partition coefficient (Wildman–Crippen LogP) is 3.14. The van der Waals surface area contributed by atoms with Gasteiger partial charge in [0.15, 0.2) is 0 Å². The molecule has 1 fully saturated rings. The number of aryl methyl sites for hydroxylation is 1. The van der Waals surface area contributed by atoms with Crippen LogP contribution in [0.15, 0.2) is 30.6 Å². The topological polar surface area (TPSA) is 53.1 Å². The highest BCUT2D eigenvalue weighted by Gasteiger charge is 2.16. The summed E-state index contributed by atoms with van der Waals surface area (Å²) in [6, 6.07) is 6.12. The molecule has 1 aromatic heterocycles. The van der Waals surface area contributed by atoms with E-state index >= 15 is 0 Å². The van der Waals surface area contributed by atoms with E-state index in [1.165, 1.54) is 6.42 Å². The molecule has 1 aliphatic rings. The highest BCUT2D eigenvalue weighted by Crippen LogP contribution is 2.27. The van der Waals surface area contributed by atoms with Gasteiger partial charge in [-0.25, -0.2) is 4.68 Å². The fourth-order valence-electron chi connectivity index (χ4n) is 2.40. The summed E-state index contributed by atoms with van der Waals surface area (Å²) in [5.74, 6) is 0. The number of hydrogen-bond donors (Lipinski definition) is 1. The van der Waals surface area contributed by atoms with Crippen LogP contribution in [0.3, 0.4) is 0 Å². The number of benzene rings is 1. The first-order valence-corrected chi connectivity index (χ1v) is 6.76. The minimum Gasteiger partial charge on any atom is -0.398 e. The Balaban J connectivity index is 1.85. The van der Waals surface area contributed by atoms with E-state index in [0.29, 0.717) is 0 Å². The second-order valence-corrected chi connectivity index (χ2v) is 5.10. The summed E-state index contributed by atoms with van der Waals surface area (Å²) < 4.78 is 7.65. The number of rotatable bonds is 2. The van der Waals surface area contributed by atoms with Gasteiger partial charge in [0.05, 0.1) is 6.20 Å². The molecule has 0 amide bonds. The number of aromatic nitrogens is 2. The predicted molar refractivity (Wildman–Crippen MR) is 75.7 cm³/mol. The van der Waals surface area contributed by atoms with Gasteiger partial charge in [-0.3, -0.25) is 0 Å². The maximum absolute atomic E-state index is 5.96. The van der Waals surface area contributed by atoms with E-state index in [1.54, 1.807) is 0 Å². The van der Waals surface area contributed by atoms with E-state index in [1.807, 2.05) is 36.1 Å². The lowest BCUT2D eigenvalue weighted by molar-refractivity contribution is -0.0394. The molecule has 0 radical (unpaired) electrons. The van der Waals surface area contributed by atoms with Crippen molar-refractivity contribution in [2.75, 3.05) is 12.3 Å². The molecule has 100 valence electrons. The third-order valence-electron chi connectivity index (χ3n) is 3.66. The minimum absolute atomic E-state index is 0.0882. The van der Waals surface area contributed by atoms with Crippen molar-refractivity contribution in [2.24, 2.45) is 0 Å². The van der Waals surface area contributed by atoms with Gasteiger partial charge >= 0.3 is 0 Å². The summed E-state index contributed by atoms with van der Waals surface area (Å²) in [7, 11) is 0. The Morgan fingerprint density at radius 2 is 2.21 bits per heavy atom. The van der Waals surface area contributed by atoms with Crippen molar-refractivity contribution >= 4 is 5.69 Å². The quantitative estimate of drug-likeness (QED) is 0.841. The van der Waals surface area contributed by atoms with Crippen LogP contribution in [0.5, 0.6) is 0 Å². The molecule has 0 bridgehead atoms. The van der Waals surface area contributed by atoms with Gasteiger partial charge in [-0.1, -0.05) is 12.1 Å². The van der Waals surface area contributed by atoms with Crippen LogP contribution in [0.1, 0.15) is 31.1 Å². The number of nitrogens with two attached hydrogens (primary N) is 1. The van der Waals surface area contributed by atoms with Crippen molar-refractivity contribution in [1.82, 2.24) is 9.78 Å².